The molecule has 0 aliphatic carbocycles. The predicted octanol–water partition coefficient (Wildman–Crippen LogP) is 2.84. The third-order valence-corrected chi connectivity index (χ3v) is 4.29. The topological polar surface area (TPSA) is 45.6 Å². The van der Waals surface area contributed by atoms with Crippen molar-refractivity contribution in [3.63, 3.8) is 0 Å². The van der Waals surface area contributed by atoms with Gasteiger partial charge < -0.3 is 14.7 Å². The fourth-order valence-corrected chi connectivity index (χ4v) is 2.91. The first kappa shape index (κ1) is 15.4. The van der Waals surface area contributed by atoms with Crippen molar-refractivity contribution in [2.45, 2.75) is 45.8 Å². The summed E-state index contributed by atoms with van der Waals surface area (Å²) < 4.78 is 5.17. The van der Waals surface area contributed by atoms with Gasteiger partial charge in [-0.15, -0.1) is 0 Å². The summed E-state index contributed by atoms with van der Waals surface area (Å²) in [6.07, 6.45) is 3.50. The van der Waals surface area contributed by atoms with Gasteiger partial charge in [-0.05, 0) is 19.8 Å². The average Bonchev–Trinajstić information content (AvgIpc) is 2.84. The van der Waals surface area contributed by atoms with Gasteiger partial charge >= 0.3 is 0 Å². The summed E-state index contributed by atoms with van der Waals surface area (Å²) in [7, 11) is 1.72. The summed E-state index contributed by atoms with van der Waals surface area (Å²) in [4.78, 5) is 7.64. The van der Waals surface area contributed by atoms with E-state index in [4.69, 9.17) is 4.74 Å². The molecule has 1 aromatic heterocycles. The number of nitrogens with zero attached hydrogens (tertiary/aromatic N) is 2. The summed E-state index contributed by atoms with van der Waals surface area (Å²) >= 11 is 1.57. The van der Waals surface area contributed by atoms with Crippen LogP contribution in [0.1, 0.15) is 44.6 Å². The molecule has 1 aromatic rings. The number of aliphatic hydroxyl groups excluding tert-OH is 1. The van der Waals surface area contributed by atoms with Crippen LogP contribution in [0.15, 0.2) is 6.20 Å². The Morgan fingerprint density at radius 2 is 2.11 bits per heavy atom. The van der Waals surface area contributed by atoms with Crippen molar-refractivity contribution >= 4 is 16.5 Å². The highest BCUT2D eigenvalue weighted by Crippen LogP contribution is 2.29. The fraction of sp³-hybridized carbons (Fsp3) is 0.769. The molecule has 0 saturated heterocycles. The van der Waals surface area contributed by atoms with Crippen LogP contribution in [0.25, 0.3) is 0 Å². The molecule has 104 valence electrons. The minimum Gasteiger partial charge on any atom is -0.388 e. The molecule has 0 saturated carbocycles. The van der Waals surface area contributed by atoms with Crippen molar-refractivity contribution in [3.8, 4) is 0 Å². The molecule has 18 heavy (non-hydrogen) atoms. The number of rotatable bonds is 8. The zero-order valence-corrected chi connectivity index (χ0v) is 12.5. The molecular weight excluding hydrogens is 248 g/mol. The lowest BCUT2D eigenvalue weighted by atomic mass is 10.1. The lowest BCUT2D eigenvalue weighted by Crippen LogP contribution is -2.37. The van der Waals surface area contributed by atoms with Crippen molar-refractivity contribution in [3.05, 3.63) is 11.1 Å². The molecule has 0 bridgehead atoms. The second-order valence-corrected chi connectivity index (χ2v) is 5.42. The van der Waals surface area contributed by atoms with Crippen LogP contribution in [-0.2, 0) is 4.74 Å². The Labute approximate surface area is 114 Å². The smallest absolute Gasteiger partial charge is 0.185 e. The van der Waals surface area contributed by atoms with Crippen LogP contribution in [0.5, 0.6) is 0 Å². The Morgan fingerprint density at radius 1 is 1.44 bits per heavy atom. The number of hydrogen-bond acceptors (Lipinski definition) is 5. The van der Waals surface area contributed by atoms with E-state index in [1.807, 2.05) is 0 Å². The zero-order valence-electron chi connectivity index (χ0n) is 11.7. The molecule has 4 nitrogen and oxygen atoms in total. The molecule has 1 rings (SSSR count). The lowest BCUT2D eigenvalue weighted by Gasteiger charge is -2.29. The second-order valence-electron chi connectivity index (χ2n) is 4.38. The monoisotopic (exact) mass is 272 g/mol. The number of aliphatic hydroxyl groups is 1. The van der Waals surface area contributed by atoms with Gasteiger partial charge in [-0.2, -0.15) is 0 Å². The molecule has 0 radical (unpaired) electrons. The van der Waals surface area contributed by atoms with Gasteiger partial charge in [-0.3, -0.25) is 0 Å². The zero-order chi connectivity index (χ0) is 13.5. The van der Waals surface area contributed by atoms with E-state index in [2.05, 4.69) is 23.7 Å². The molecule has 0 fully saturated rings. The maximum absolute atomic E-state index is 9.58. The Kier molecular flexibility index (Phi) is 6.60. The first-order chi connectivity index (χ1) is 8.63. The van der Waals surface area contributed by atoms with E-state index in [-0.39, 0.29) is 0 Å². The quantitative estimate of drug-likeness (QED) is 0.790. The number of anilines is 1. The lowest BCUT2D eigenvalue weighted by molar-refractivity contribution is 0.202. The van der Waals surface area contributed by atoms with Gasteiger partial charge in [0.15, 0.2) is 5.13 Å². The van der Waals surface area contributed by atoms with Crippen molar-refractivity contribution < 1.29 is 9.84 Å². The second kappa shape index (κ2) is 7.71. The normalized spacial score (nSPS) is 13.0. The van der Waals surface area contributed by atoms with E-state index in [9.17, 15) is 5.11 Å². The van der Waals surface area contributed by atoms with Crippen LogP contribution in [-0.4, -0.2) is 36.4 Å². The van der Waals surface area contributed by atoms with Crippen LogP contribution in [0.2, 0.25) is 0 Å². The predicted molar refractivity (Wildman–Crippen MR) is 76.3 cm³/mol. The summed E-state index contributed by atoms with van der Waals surface area (Å²) in [5, 5.41) is 10.6. The Hall–Kier alpha value is -0.650. The van der Waals surface area contributed by atoms with Gasteiger partial charge in [0.05, 0.1) is 17.6 Å². The van der Waals surface area contributed by atoms with Crippen molar-refractivity contribution in [2.75, 3.05) is 25.2 Å². The third-order valence-electron chi connectivity index (χ3n) is 3.09. The first-order valence-electron chi connectivity index (χ1n) is 6.53. The number of thiazole rings is 1. The summed E-state index contributed by atoms with van der Waals surface area (Å²) in [6, 6.07) is 0.480. The highest BCUT2D eigenvalue weighted by atomic mass is 32.1. The molecule has 1 atom stereocenters. The minimum atomic E-state index is -0.442. The number of methoxy groups -OCH3 is 1. The average molecular weight is 272 g/mol. The standard InChI is InChI=1S/C13H24N2O2S/c1-5-11(6-2)15(7-8-17-4)13-14-9-12(18-13)10(3)16/h9-11,16H,5-8H2,1-4H3. The van der Waals surface area contributed by atoms with Gasteiger partial charge in [-0.25, -0.2) is 4.98 Å². The van der Waals surface area contributed by atoms with Gasteiger partial charge in [0.25, 0.3) is 0 Å². The molecule has 0 aliphatic rings. The maximum Gasteiger partial charge on any atom is 0.185 e. The number of ether oxygens (including phenoxy) is 1. The molecule has 1 heterocycles. The SMILES string of the molecule is CCC(CC)N(CCOC)c1ncc(C(C)O)s1. The summed E-state index contributed by atoms with van der Waals surface area (Å²) in [6.45, 7) is 7.69. The first-order valence-corrected chi connectivity index (χ1v) is 7.35. The summed E-state index contributed by atoms with van der Waals surface area (Å²) in [5.74, 6) is 0. The van der Waals surface area contributed by atoms with E-state index >= 15 is 0 Å². The molecular formula is C13H24N2O2S. The molecule has 1 N–H and O–H groups in total. The number of hydrogen-bond donors (Lipinski definition) is 1. The van der Waals surface area contributed by atoms with E-state index in [0.29, 0.717) is 12.6 Å². The minimum absolute atomic E-state index is 0.442. The van der Waals surface area contributed by atoms with Crippen molar-refractivity contribution in [2.24, 2.45) is 0 Å². The number of aromatic nitrogens is 1. The summed E-state index contributed by atoms with van der Waals surface area (Å²) in [5.41, 5.74) is 0. The van der Waals surface area contributed by atoms with Crippen LogP contribution in [0.4, 0.5) is 5.13 Å². The van der Waals surface area contributed by atoms with E-state index < -0.39 is 6.10 Å². The molecule has 0 aliphatic heterocycles. The van der Waals surface area contributed by atoms with Crippen LogP contribution in [0.3, 0.4) is 0 Å². The van der Waals surface area contributed by atoms with E-state index in [1.54, 1.807) is 31.6 Å². The molecule has 0 aromatic carbocycles. The van der Waals surface area contributed by atoms with Crippen molar-refractivity contribution in [1.29, 1.82) is 0 Å². The fourth-order valence-electron chi connectivity index (χ4n) is 1.96. The Bertz CT molecular complexity index is 337. The largest absolute Gasteiger partial charge is 0.388 e. The van der Waals surface area contributed by atoms with Gasteiger partial charge in [-0.1, -0.05) is 25.2 Å². The third kappa shape index (κ3) is 3.93. The van der Waals surface area contributed by atoms with Crippen LogP contribution >= 0.6 is 11.3 Å². The van der Waals surface area contributed by atoms with Gasteiger partial charge in [0, 0.05) is 25.9 Å². The molecule has 0 spiro atoms. The van der Waals surface area contributed by atoms with Crippen LogP contribution < -0.4 is 4.90 Å². The Balaban J connectivity index is 2.85. The van der Waals surface area contributed by atoms with Gasteiger partial charge in [0.2, 0.25) is 0 Å². The Morgan fingerprint density at radius 3 is 2.56 bits per heavy atom. The molecule has 1 unspecified atom stereocenters. The highest BCUT2D eigenvalue weighted by molar-refractivity contribution is 7.15. The maximum atomic E-state index is 9.58. The van der Waals surface area contributed by atoms with Gasteiger partial charge in [0.1, 0.15) is 0 Å². The van der Waals surface area contributed by atoms with Crippen molar-refractivity contribution in [1.82, 2.24) is 4.98 Å². The van der Waals surface area contributed by atoms with Crippen LogP contribution in [0, 0.1) is 0 Å². The molecule has 5 heteroatoms. The van der Waals surface area contributed by atoms with E-state index in [1.165, 1.54) is 0 Å². The van der Waals surface area contributed by atoms with E-state index in [0.717, 1.165) is 29.4 Å². The molecule has 0 amide bonds. The highest BCUT2D eigenvalue weighted by Gasteiger charge is 2.19.